The molecule has 1 atom stereocenters. The molecule has 0 aliphatic carbocycles. The molecule has 2 aromatic heterocycles. The highest BCUT2D eigenvalue weighted by Gasteiger charge is 2.24. The van der Waals surface area contributed by atoms with Gasteiger partial charge in [-0.25, -0.2) is 0 Å². The molecule has 0 aliphatic rings. The minimum absolute atomic E-state index is 0.329. The van der Waals surface area contributed by atoms with Crippen LogP contribution in [0.1, 0.15) is 17.2 Å². The Morgan fingerprint density at radius 2 is 2.24 bits per heavy atom. The molecule has 8 heteroatoms. The van der Waals surface area contributed by atoms with Crippen LogP contribution in [0.5, 0.6) is 0 Å². The van der Waals surface area contributed by atoms with Crippen molar-refractivity contribution in [2.75, 3.05) is 0 Å². The van der Waals surface area contributed by atoms with Crippen LogP contribution in [0.4, 0.5) is 0 Å². The topological polar surface area (TPSA) is 93.3 Å². The Balaban J connectivity index is 2.02. The highest BCUT2D eigenvalue weighted by molar-refractivity contribution is 9.10. The number of carbonyl (C=O) groups is 1. The smallest absolute Gasteiger partial charge is 0.312 e. The number of halogens is 1. The first-order chi connectivity index (χ1) is 10.1. The summed E-state index contributed by atoms with van der Waals surface area (Å²) in [5, 5.41) is 20.7. The summed E-state index contributed by atoms with van der Waals surface area (Å²) in [4.78, 5) is 15.6. The van der Waals surface area contributed by atoms with E-state index in [2.05, 4.69) is 36.4 Å². The van der Waals surface area contributed by atoms with E-state index in [1.165, 1.54) is 16.9 Å². The van der Waals surface area contributed by atoms with Gasteiger partial charge < -0.3 is 5.11 Å². The van der Waals surface area contributed by atoms with Crippen molar-refractivity contribution in [1.82, 2.24) is 25.0 Å². The third kappa shape index (κ3) is 2.75. The molecule has 1 N–H and O–H groups in total. The molecule has 0 bridgehead atoms. The van der Waals surface area contributed by atoms with Crippen molar-refractivity contribution >= 4 is 27.5 Å². The summed E-state index contributed by atoms with van der Waals surface area (Å²) in [6.07, 6.45) is 3.30. The Kier molecular flexibility index (Phi) is 3.61. The van der Waals surface area contributed by atoms with Crippen LogP contribution < -0.4 is 0 Å². The molecule has 2 heterocycles. The Morgan fingerprint density at radius 1 is 1.38 bits per heavy atom. The third-order valence-electron chi connectivity index (χ3n) is 3.12. The summed E-state index contributed by atoms with van der Waals surface area (Å²) in [5.74, 6) is -1.72. The maximum atomic E-state index is 11.6. The minimum atomic E-state index is -0.945. The molecule has 0 amide bonds. The number of hydrogen-bond donors (Lipinski definition) is 1. The van der Waals surface area contributed by atoms with Gasteiger partial charge in [-0.1, -0.05) is 28.1 Å². The maximum Gasteiger partial charge on any atom is 0.312 e. The highest BCUT2D eigenvalue weighted by atomic mass is 79.9. The van der Waals surface area contributed by atoms with E-state index in [9.17, 15) is 9.90 Å². The van der Waals surface area contributed by atoms with Gasteiger partial charge in [0.25, 0.3) is 0 Å². The number of aliphatic carboxylic acids is 1. The van der Waals surface area contributed by atoms with Crippen molar-refractivity contribution in [1.29, 1.82) is 0 Å². The molecule has 1 unspecified atom stereocenters. The summed E-state index contributed by atoms with van der Waals surface area (Å²) >= 11 is 3.38. The van der Waals surface area contributed by atoms with E-state index >= 15 is 0 Å². The van der Waals surface area contributed by atoms with Crippen molar-refractivity contribution in [2.45, 2.75) is 12.3 Å². The number of fused-ring (bicyclic) bond motifs is 1. The van der Waals surface area contributed by atoms with Crippen molar-refractivity contribution in [3.63, 3.8) is 0 Å². The standard InChI is InChI=1S/C13H10BrN5O2/c14-9-3-1-2-8(4-9)5-10(13(20)21)11-6-15-7-12-16-17-18-19(11)12/h1-4,6-7,10H,5H2,(H,20,21). The number of aromatic nitrogens is 5. The van der Waals surface area contributed by atoms with Crippen molar-refractivity contribution in [3.05, 3.63) is 52.4 Å². The normalized spacial score (nSPS) is 12.4. The van der Waals surface area contributed by atoms with Crippen LogP contribution in [0, 0.1) is 0 Å². The van der Waals surface area contributed by atoms with Gasteiger partial charge in [0.1, 0.15) is 5.92 Å². The van der Waals surface area contributed by atoms with E-state index in [1.54, 1.807) is 0 Å². The molecule has 0 spiro atoms. The lowest BCUT2D eigenvalue weighted by molar-refractivity contribution is -0.138. The molecule has 0 saturated carbocycles. The van der Waals surface area contributed by atoms with Crippen LogP contribution in [0.15, 0.2) is 41.1 Å². The number of rotatable bonds is 4. The molecule has 21 heavy (non-hydrogen) atoms. The van der Waals surface area contributed by atoms with Crippen LogP contribution in [-0.2, 0) is 11.2 Å². The van der Waals surface area contributed by atoms with Crippen LogP contribution in [0.25, 0.3) is 5.65 Å². The molecular formula is C13H10BrN5O2. The molecule has 0 radical (unpaired) electrons. The average Bonchev–Trinajstić information content (AvgIpc) is 2.93. The lowest BCUT2D eigenvalue weighted by atomic mass is 9.96. The Bertz CT molecular complexity index is 804. The molecular weight excluding hydrogens is 338 g/mol. The molecule has 3 rings (SSSR count). The van der Waals surface area contributed by atoms with Crippen LogP contribution in [0.3, 0.4) is 0 Å². The lowest BCUT2D eigenvalue weighted by Gasteiger charge is -2.13. The zero-order valence-electron chi connectivity index (χ0n) is 10.7. The lowest BCUT2D eigenvalue weighted by Crippen LogP contribution is -2.18. The predicted molar refractivity (Wildman–Crippen MR) is 76.8 cm³/mol. The largest absolute Gasteiger partial charge is 0.481 e. The van der Waals surface area contributed by atoms with Crippen LogP contribution >= 0.6 is 15.9 Å². The van der Waals surface area contributed by atoms with Gasteiger partial charge in [0.15, 0.2) is 5.65 Å². The summed E-state index contributed by atoms with van der Waals surface area (Å²) in [6, 6.07) is 7.54. The molecule has 0 saturated heterocycles. The Hall–Kier alpha value is -2.35. The first kappa shape index (κ1) is 13.6. The SMILES string of the molecule is O=C(O)C(Cc1cccc(Br)c1)c1cncc2nnnn12. The van der Waals surface area contributed by atoms with Crippen LogP contribution in [-0.4, -0.2) is 36.1 Å². The van der Waals surface area contributed by atoms with Gasteiger partial charge in [-0.2, -0.15) is 4.52 Å². The molecule has 1 aromatic carbocycles. The van der Waals surface area contributed by atoms with Gasteiger partial charge in [-0.15, -0.1) is 5.10 Å². The number of nitrogens with zero attached hydrogens (tertiary/aromatic N) is 5. The van der Waals surface area contributed by atoms with Gasteiger partial charge in [0.05, 0.1) is 11.9 Å². The van der Waals surface area contributed by atoms with Crippen molar-refractivity contribution in [3.8, 4) is 0 Å². The second kappa shape index (κ2) is 5.57. The van der Waals surface area contributed by atoms with Crippen molar-refractivity contribution < 1.29 is 9.90 Å². The summed E-state index contributed by atoms with van der Waals surface area (Å²) in [5.41, 5.74) is 1.78. The fourth-order valence-corrected chi connectivity index (χ4v) is 2.60. The van der Waals surface area contributed by atoms with Crippen LogP contribution in [0.2, 0.25) is 0 Å². The second-order valence-electron chi connectivity index (χ2n) is 4.51. The molecule has 7 nitrogen and oxygen atoms in total. The molecule has 0 fully saturated rings. The van der Waals surface area contributed by atoms with E-state index in [4.69, 9.17) is 0 Å². The highest BCUT2D eigenvalue weighted by Crippen LogP contribution is 2.22. The fourth-order valence-electron chi connectivity index (χ4n) is 2.15. The summed E-state index contributed by atoms with van der Waals surface area (Å²) in [6.45, 7) is 0. The van der Waals surface area contributed by atoms with Crippen molar-refractivity contribution in [2.24, 2.45) is 0 Å². The third-order valence-corrected chi connectivity index (χ3v) is 3.61. The fraction of sp³-hybridized carbons (Fsp3) is 0.154. The quantitative estimate of drug-likeness (QED) is 0.771. The number of benzene rings is 1. The van der Waals surface area contributed by atoms with Gasteiger partial charge in [0, 0.05) is 10.7 Å². The number of hydrogen-bond acceptors (Lipinski definition) is 5. The molecule has 0 aliphatic heterocycles. The second-order valence-corrected chi connectivity index (χ2v) is 5.42. The van der Waals surface area contributed by atoms with E-state index in [0.29, 0.717) is 17.8 Å². The van der Waals surface area contributed by atoms with E-state index in [-0.39, 0.29) is 0 Å². The Morgan fingerprint density at radius 3 is 3.00 bits per heavy atom. The van der Waals surface area contributed by atoms with E-state index in [0.717, 1.165) is 10.0 Å². The number of tetrazole rings is 1. The number of carboxylic acids is 1. The summed E-state index contributed by atoms with van der Waals surface area (Å²) < 4.78 is 2.31. The number of carboxylic acid groups (broad SMARTS) is 1. The predicted octanol–water partition coefficient (Wildman–Crippen LogP) is 1.69. The van der Waals surface area contributed by atoms with E-state index in [1.807, 2.05) is 24.3 Å². The summed E-state index contributed by atoms with van der Waals surface area (Å²) in [7, 11) is 0. The zero-order chi connectivity index (χ0) is 14.8. The monoisotopic (exact) mass is 347 g/mol. The Labute approximate surface area is 127 Å². The molecule has 106 valence electrons. The van der Waals surface area contributed by atoms with Gasteiger partial charge in [-0.3, -0.25) is 9.78 Å². The van der Waals surface area contributed by atoms with Gasteiger partial charge >= 0.3 is 5.97 Å². The first-order valence-corrected chi connectivity index (χ1v) is 6.93. The maximum absolute atomic E-state index is 11.6. The first-order valence-electron chi connectivity index (χ1n) is 6.14. The zero-order valence-corrected chi connectivity index (χ0v) is 12.3. The average molecular weight is 348 g/mol. The van der Waals surface area contributed by atoms with Gasteiger partial charge in [-0.05, 0) is 34.5 Å². The molecule has 3 aromatic rings. The minimum Gasteiger partial charge on any atom is -0.481 e. The van der Waals surface area contributed by atoms with Gasteiger partial charge in [0.2, 0.25) is 0 Å². The van der Waals surface area contributed by atoms with E-state index < -0.39 is 11.9 Å².